The number of benzene rings is 3. The molecule has 0 bridgehead atoms. The Labute approximate surface area is 112 Å². The standard InChI is InChI=1S/C16H10.BH2O2/c1-2-4-12-9-13(6-5-11(12)3-1)16-10-14-7-8-15(14)16;2-1-3/h1-10H;2-3H. The van der Waals surface area contributed by atoms with Gasteiger partial charge in [0.1, 0.15) is 0 Å². The van der Waals surface area contributed by atoms with Gasteiger partial charge >= 0.3 is 7.69 Å². The highest BCUT2D eigenvalue weighted by molar-refractivity contribution is 6.13. The van der Waals surface area contributed by atoms with E-state index in [4.69, 9.17) is 10.0 Å². The summed E-state index contributed by atoms with van der Waals surface area (Å²) in [6.45, 7) is 0. The topological polar surface area (TPSA) is 40.5 Å². The van der Waals surface area contributed by atoms with Gasteiger partial charge < -0.3 is 10.0 Å². The third-order valence-corrected chi connectivity index (χ3v) is 3.39. The van der Waals surface area contributed by atoms with E-state index in [1.165, 1.54) is 33.0 Å². The lowest BCUT2D eigenvalue weighted by atomic mass is 9.83. The maximum Gasteiger partial charge on any atom is 0.482 e. The molecule has 0 fully saturated rings. The lowest BCUT2D eigenvalue weighted by Crippen LogP contribution is -1.95. The van der Waals surface area contributed by atoms with E-state index in [1.807, 2.05) is 0 Å². The van der Waals surface area contributed by atoms with Gasteiger partial charge in [-0.25, -0.2) is 0 Å². The molecule has 4 rings (SSSR count). The summed E-state index contributed by atoms with van der Waals surface area (Å²) in [5.74, 6) is 0. The van der Waals surface area contributed by atoms with E-state index in [0.717, 1.165) is 0 Å². The molecular weight excluding hydrogens is 235 g/mol. The SMILES string of the molecule is O[B]O.c1ccc2cc(-c3cc4ccc3-4)ccc2c1. The largest absolute Gasteiger partial charge is 0.482 e. The summed E-state index contributed by atoms with van der Waals surface area (Å²) >= 11 is 0. The summed E-state index contributed by atoms with van der Waals surface area (Å²) in [7, 11) is 0. The molecule has 0 aliphatic heterocycles. The Balaban J connectivity index is 0.000000339. The van der Waals surface area contributed by atoms with E-state index in [2.05, 4.69) is 60.7 Å². The average molecular weight is 247 g/mol. The van der Waals surface area contributed by atoms with Crippen molar-refractivity contribution in [2.45, 2.75) is 0 Å². The van der Waals surface area contributed by atoms with Crippen LogP contribution in [-0.4, -0.2) is 17.7 Å². The van der Waals surface area contributed by atoms with Crippen LogP contribution in [0, 0.1) is 0 Å². The van der Waals surface area contributed by atoms with E-state index < -0.39 is 0 Å². The van der Waals surface area contributed by atoms with Crippen molar-refractivity contribution in [3.63, 3.8) is 0 Å². The first kappa shape index (κ1) is 12.0. The fourth-order valence-corrected chi connectivity index (χ4v) is 2.39. The minimum Gasteiger partial charge on any atom is -0.429 e. The molecule has 0 atom stereocenters. The lowest BCUT2D eigenvalue weighted by molar-refractivity contribution is 0.448. The van der Waals surface area contributed by atoms with Crippen LogP contribution in [0.3, 0.4) is 0 Å². The normalized spacial score (nSPS) is 10.6. The fraction of sp³-hybridized carbons (Fsp3) is 0. The molecule has 2 aromatic rings. The van der Waals surface area contributed by atoms with Crippen LogP contribution in [0.4, 0.5) is 0 Å². The van der Waals surface area contributed by atoms with E-state index >= 15 is 0 Å². The molecule has 0 amide bonds. The molecule has 19 heavy (non-hydrogen) atoms. The molecule has 3 heteroatoms. The second kappa shape index (κ2) is 4.88. The summed E-state index contributed by atoms with van der Waals surface area (Å²) < 4.78 is 0. The van der Waals surface area contributed by atoms with Crippen LogP contribution in [0.1, 0.15) is 0 Å². The van der Waals surface area contributed by atoms with Gasteiger partial charge in [0.2, 0.25) is 0 Å². The van der Waals surface area contributed by atoms with Gasteiger partial charge in [0.15, 0.2) is 0 Å². The Morgan fingerprint density at radius 1 is 0.632 bits per heavy atom. The van der Waals surface area contributed by atoms with Crippen LogP contribution < -0.4 is 0 Å². The Morgan fingerprint density at radius 3 is 1.84 bits per heavy atom. The number of hydrogen-bond acceptors (Lipinski definition) is 2. The highest BCUT2D eigenvalue weighted by Crippen LogP contribution is 2.43. The number of rotatable bonds is 1. The number of hydrogen-bond donors (Lipinski definition) is 2. The van der Waals surface area contributed by atoms with E-state index in [9.17, 15) is 0 Å². The molecule has 2 aliphatic rings. The van der Waals surface area contributed by atoms with Gasteiger partial charge in [0.05, 0.1) is 0 Å². The van der Waals surface area contributed by atoms with Crippen LogP contribution >= 0.6 is 0 Å². The average Bonchev–Trinajstić information content (AvgIpc) is 2.42. The molecule has 0 saturated carbocycles. The van der Waals surface area contributed by atoms with Gasteiger partial charge in [0, 0.05) is 0 Å². The zero-order chi connectivity index (χ0) is 13.2. The second-order valence-corrected chi connectivity index (χ2v) is 4.44. The quantitative estimate of drug-likeness (QED) is 0.507. The van der Waals surface area contributed by atoms with Crippen molar-refractivity contribution >= 4 is 18.5 Å². The van der Waals surface area contributed by atoms with Crippen LogP contribution in [-0.2, 0) is 0 Å². The summed E-state index contributed by atoms with van der Waals surface area (Å²) in [6.07, 6.45) is 0. The highest BCUT2D eigenvalue weighted by atomic mass is 16.4. The zero-order valence-corrected chi connectivity index (χ0v) is 10.2. The zero-order valence-electron chi connectivity index (χ0n) is 10.2. The molecular formula is C16H12BO2. The Kier molecular flexibility index (Phi) is 3.07. The molecule has 0 saturated heterocycles. The Morgan fingerprint density at radius 2 is 1.26 bits per heavy atom. The molecule has 0 aromatic heterocycles. The smallest absolute Gasteiger partial charge is 0.429 e. The van der Waals surface area contributed by atoms with Crippen molar-refractivity contribution in [2.24, 2.45) is 0 Å². The van der Waals surface area contributed by atoms with Crippen molar-refractivity contribution in [1.82, 2.24) is 0 Å². The number of fused-ring (bicyclic) bond motifs is 2. The minimum atomic E-state index is 0. The van der Waals surface area contributed by atoms with Crippen LogP contribution in [0.15, 0.2) is 60.7 Å². The Hall–Kier alpha value is -2.10. The van der Waals surface area contributed by atoms with Gasteiger partial charge in [-0.2, -0.15) is 0 Å². The predicted octanol–water partition coefficient (Wildman–Crippen LogP) is 2.99. The first-order valence-corrected chi connectivity index (χ1v) is 6.07. The molecule has 2 aliphatic carbocycles. The second-order valence-electron chi connectivity index (χ2n) is 4.44. The van der Waals surface area contributed by atoms with E-state index in [1.54, 1.807) is 0 Å². The van der Waals surface area contributed by atoms with Gasteiger partial charge in [-0.15, -0.1) is 0 Å². The molecule has 0 heterocycles. The molecule has 91 valence electrons. The third-order valence-electron chi connectivity index (χ3n) is 3.39. The molecule has 0 spiro atoms. The summed E-state index contributed by atoms with van der Waals surface area (Å²) in [5, 5.41) is 16.6. The maximum absolute atomic E-state index is 7.00. The predicted molar refractivity (Wildman–Crippen MR) is 78.6 cm³/mol. The van der Waals surface area contributed by atoms with Crippen molar-refractivity contribution < 1.29 is 10.0 Å². The fourth-order valence-electron chi connectivity index (χ4n) is 2.39. The summed E-state index contributed by atoms with van der Waals surface area (Å²) in [5.41, 5.74) is 5.56. The van der Waals surface area contributed by atoms with Gasteiger partial charge in [-0.05, 0) is 45.2 Å². The monoisotopic (exact) mass is 247 g/mol. The van der Waals surface area contributed by atoms with E-state index in [0.29, 0.717) is 0 Å². The van der Waals surface area contributed by atoms with Crippen LogP contribution in [0.25, 0.3) is 33.0 Å². The van der Waals surface area contributed by atoms with Crippen molar-refractivity contribution in [3.8, 4) is 22.3 Å². The summed E-state index contributed by atoms with van der Waals surface area (Å²) in [4.78, 5) is 0. The maximum atomic E-state index is 7.00. The first-order valence-electron chi connectivity index (χ1n) is 6.07. The van der Waals surface area contributed by atoms with Crippen molar-refractivity contribution in [1.29, 1.82) is 0 Å². The van der Waals surface area contributed by atoms with Crippen molar-refractivity contribution in [2.75, 3.05) is 0 Å². The van der Waals surface area contributed by atoms with Gasteiger partial charge in [0.25, 0.3) is 0 Å². The first-order chi connectivity index (χ1) is 9.33. The van der Waals surface area contributed by atoms with Crippen LogP contribution in [0.5, 0.6) is 0 Å². The third kappa shape index (κ3) is 2.03. The summed E-state index contributed by atoms with van der Waals surface area (Å²) in [6, 6.07) is 21.8. The van der Waals surface area contributed by atoms with Gasteiger partial charge in [-0.3, -0.25) is 0 Å². The van der Waals surface area contributed by atoms with E-state index in [-0.39, 0.29) is 7.69 Å². The van der Waals surface area contributed by atoms with Crippen LogP contribution in [0.2, 0.25) is 0 Å². The van der Waals surface area contributed by atoms with Crippen molar-refractivity contribution in [3.05, 3.63) is 60.7 Å². The molecule has 2 aromatic carbocycles. The molecule has 2 nitrogen and oxygen atoms in total. The van der Waals surface area contributed by atoms with Gasteiger partial charge in [-0.1, -0.05) is 48.5 Å². The Bertz CT molecular complexity index is 738. The molecule has 2 N–H and O–H groups in total. The lowest BCUT2D eigenvalue weighted by Gasteiger charge is -2.21. The minimum absolute atomic E-state index is 0. The molecule has 1 radical (unpaired) electrons. The highest BCUT2D eigenvalue weighted by Gasteiger charge is 2.17. The molecule has 0 unspecified atom stereocenters.